The molecule has 0 aliphatic heterocycles. The van der Waals surface area contributed by atoms with Crippen LogP contribution in [0.25, 0.3) is 0 Å². The maximum absolute atomic E-state index is 4.41. The van der Waals surface area contributed by atoms with Crippen LogP contribution in [0.4, 0.5) is 0 Å². The molecule has 0 saturated heterocycles. The van der Waals surface area contributed by atoms with Crippen LogP contribution in [0.3, 0.4) is 0 Å². The van der Waals surface area contributed by atoms with Crippen molar-refractivity contribution in [2.24, 2.45) is 7.05 Å². The number of nitrogens with one attached hydrogen (secondary N) is 1. The van der Waals surface area contributed by atoms with Gasteiger partial charge in [0.05, 0.1) is 15.9 Å². The number of benzene rings is 1. The lowest BCUT2D eigenvalue weighted by Gasteiger charge is -2.15. The first-order chi connectivity index (χ1) is 8.99. The lowest BCUT2D eigenvalue weighted by Crippen LogP contribution is -2.20. The van der Waals surface area contributed by atoms with E-state index < -0.39 is 0 Å². The zero-order chi connectivity index (χ0) is 14.0. The molecule has 2 aromatic rings. The van der Waals surface area contributed by atoms with E-state index in [-0.39, 0.29) is 0 Å². The third kappa shape index (κ3) is 3.25. The van der Waals surface area contributed by atoms with Gasteiger partial charge in [-0.1, -0.05) is 29.8 Å². The van der Waals surface area contributed by atoms with Crippen molar-refractivity contribution < 1.29 is 0 Å². The van der Waals surface area contributed by atoms with Crippen LogP contribution in [0, 0.1) is 13.8 Å². The summed E-state index contributed by atoms with van der Waals surface area (Å²) >= 11 is 3.60. The van der Waals surface area contributed by atoms with Gasteiger partial charge >= 0.3 is 0 Å². The standard InChI is InChI=1S/C15H20BrN3/c1-10-6-5-7-13(8-10)11(2)17-9-14-15(16)12(3)18-19(14)4/h5-8,11,17H,9H2,1-4H3/t11-/m1/s1. The Kier molecular flexibility index (Phi) is 4.42. The third-order valence-electron chi connectivity index (χ3n) is 3.38. The van der Waals surface area contributed by atoms with Crippen LogP contribution >= 0.6 is 15.9 Å². The number of nitrogens with zero attached hydrogens (tertiary/aromatic N) is 2. The summed E-state index contributed by atoms with van der Waals surface area (Å²) in [6, 6.07) is 8.93. The van der Waals surface area contributed by atoms with Crippen LogP contribution in [-0.4, -0.2) is 9.78 Å². The number of halogens is 1. The lowest BCUT2D eigenvalue weighted by molar-refractivity contribution is 0.546. The van der Waals surface area contributed by atoms with Crippen molar-refractivity contribution in [3.63, 3.8) is 0 Å². The minimum atomic E-state index is 0.321. The van der Waals surface area contributed by atoms with Crippen LogP contribution in [0.1, 0.15) is 35.5 Å². The highest BCUT2D eigenvalue weighted by molar-refractivity contribution is 9.10. The molecule has 0 fully saturated rings. The average molecular weight is 322 g/mol. The molecule has 1 aromatic heterocycles. The number of hydrogen-bond acceptors (Lipinski definition) is 2. The SMILES string of the molecule is Cc1cccc([C@@H](C)NCc2c(Br)c(C)nn2C)c1. The molecule has 0 aliphatic rings. The van der Waals surface area contributed by atoms with E-state index in [1.54, 1.807) is 0 Å². The van der Waals surface area contributed by atoms with Gasteiger partial charge in [-0.3, -0.25) is 4.68 Å². The van der Waals surface area contributed by atoms with Crippen molar-refractivity contribution in [1.82, 2.24) is 15.1 Å². The summed E-state index contributed by atoms with van der Waals surface area (Å²) in [5, 5.41) is 7.95. The summed E-state index contributed by atoms with van der Waals surface area (Å²) in [4.78, 5) is 0. The van der Waals surface area contributed by atoms with Crippen molar-refractivity contribution in [2.75, 3.05) is 0 Å². The number of hydrogen-bond donors (Lipinski definition) is 1. The molecule has 2 rings (SSSR count). The summed E-state index contributed by atoms with van der Waals surface area (Å²) in [7, 11) is 1.98. The number of aryl methyl sites for hydroxylation is 3. The van der Waals surface area contributed by atoms with Crippen molar-refractivity contribution >= 4 is 15.9 Å². The molecule has 3 nitrogen and oxygen atoms in total. The Morgan fingerprint density at radius 2 is 2.11 bits per heavy atom. The van der Waals surface area contributed by atoms with E-state index in [4.69, 9.17) is 0 Å². The summed E-state index contributed by atoms with van der Waals surface area (Å²) < 4.78 is 3.02. The molecule has 102 valence electrons. The summed E-state index contributed by atoms with van der Waals surface area (Å²) in [6.07, 6.45) is 0. The first-order valence-electron chi connectivity index (χ1n) is 6.47. The van der Waals surface area contributed by atoms with Gasteiger partial charge in [0.2, 0.25) is 0 Å². The Morgan fingerprint density at radius 3 is 2.68 bits per heavy atom. The molecule has 1 heterocycles. The molecule has 0 aliphatic carbocycles. The fraction of sp³-hybridized carbons (Fsp3) is 0.400. The molecule has 0 bridgehead atoms. The maximum Gasteiger partial charge on any atom is 0.0739 e. The van der Waals surface area contributed by atoms with Crippen LogP contribution in [0.15, 0.2) is 28.7 Å². The molecule has 1 aromatic carbocycles. The van der Waals surface area contributed by atoms with Gasteiger partial charge in [-0.2, -0.15) is 5.10 Å². The summed E-state index contributed by atoms with van der Waals surface area (Å²) in [5.41, 5.74) is 4.82. The summed E-state index contributed by atoms with van der Waals surface area (Å²) in [6.45, 7) is 7.12. The monoisotopic (exact) mass is 321 g/mol. The smallest absolute Gasteiger partial charge is 0.0739 e. The predicted molar refractivity (Wildman–Crippen MR) is 82.1 cm³/mol. The quantitative estimate of drug-likeness (QED) is 0.931. The van der Waals surface area contributed by atoms with Crippen LogP contribution in [0.2, 0.25) is 0 Å². The Hall–Kier alpha value is -1.13. The highest BCUT2D eigenvalue weighted by Gasteiger charge is 2.12. The molecule has 4 heteroatoms. The van der Waals surface area contributed by atoms with E-state index in [9.17, 15) is 0 Å². The Bertz CT molecular complexity index is 575. The number of aromatic nitrogens is 2. The summed E-state index contributed by atoms with van der Waals surface area (Å²) in [5.74, 6) is 0. The van der Waals surface area contributed by atoms with Crippen LogP contribution in [0.5, 0.6) is 0 Å². The van der Waals surface area contributed by atoms with Gasteiger partial charge in [-0.15, -0.1) is 0 Å². The zero-order valence-electron chi connectivity index (χ0n) is 11.9. The van der Waals surface area contributed by atoms with E-state index in [1.807, 2.05) is 18.7 Å². The number of rotatable bonds is 4. The Morgan fingerprint density at radius 1 is 1.37 bits per heavy atom. The fourth-order valence-electron chi connectivity index (χ4n) is 2.18. The third-order valence-corrected chi connectivity index (χ3v) is 4.41. The highest BCUT2D eigenvalue weighted by atomic mass is 79.9. The molecular weight excluding hydrogens is 302 g/mol. The Balaban J connectivity index is 2.06. The molecule has 0 spiro atoms. The minimum absolute atomic E-state index is 0.321. The molecule has 1 atom stereocenters. The molecule has 19 heavy (non-hydrogen) atoms. The molecule has 1 N–H and O–H groups in total. The maximum atomic E-state index is 4.41. The van der Waals surface area contributed by atoms with Crippen molar-refractivity contribution in [3.8, 4) is 0 Å². The molecule has 0 amide bonds. The van der Waals surface area contributed by atoms with Gasteiger partial charge in [-0.25, -0.2) is 0 Å². The normalized spacial score (nSPS) is 12.7. The van der Waals surface area contributed by atoms with E-state index in [0.29, 0.717) is 6.04 Å². The second-order valence-corrected chi connectivity index (χ2v) is 5.78. The van der Waals surface area contributed by atoms with Crippen LogP contribution < -0.4 is 5.32 Å². The van der Waals surface area contributed by atoms with Crippen molar-refractivity contribution in [1.29, 1.82) is 0 Å². The van der Waals surface area contributed by atoms with Gasteiger partial charge in [0.1, 0.15) is 0 Å². The van der Waals surface area contributed by atoms with Gasteiger partial charge in [-0.05, 0) is 42.3 Å². The Labute approximate surface area is 123 Å². The van der Waals surface area contributed by atoms with E-state index >= 15 is 0 Å². The molecule has 0 unspecified atom stereocenters. The predicted octanol–water partition coefficient (Wildman–Crippen LogP) is 3.65. The van der Waals surface area contributed by atoms with Gasteiger partial charge in [0, 0.05) is 19.6 Å². The lowest BCUT2D eigenvalue weighted by atomic mass is 10.1. The average Bonchev–Trinajstić information content (AvgIpc) is 2.61. The second-order valence-electron chi connectivity index (χ2n) is 4.99. The zero-order valence-corrected chi connectivity index (χ0v) is 13.5. The molecule has 0 radical (unpaired) electrons. The fourth-order valence-corrected chi connectivity index (χ4v) is 2.66. The second kappa shape index (κ2) is 5.88. The van der Waals surface area contributed by atoms with E-state index in [2.05, 4.69) is 64.5 Å². The molecule has 0 saturated carbocycles. The van der Waals surface area contributed by atoms with E-state index in [1.165, 1.54) is 16.8 Å². The minimum Gasteiger partial charge on any atom is -0.305 e. The van der Waals surface area contributed by atoms with Crippen LogP contribution in [-0.2, 0) is 13.6 Å². The first-order valence-corrected chi connectivity index (χ1v) is 7.26. The highest BCUT2D eigenvalue weighted by Crippen LogP contribution is 2.21. The van der Waals surface area contributed by atoms with Gasteiger partial charge in [0.25, 0.3) is 0 Å². The van der Waals surface area contributed by atoms with Crippen molar-refractivity contribution in [3.05, 3.63) is 51.3 Å². The van der Waals surface area contributed by atoms with Gasteiger partial charge in [0.15, 0.2) is 0 Å². The first kappa shape index (κ1) is 14.3. The van der Waals surface area contributed by atoms with Gasteiger partial charge < -0.3 is 5.32 Å². The van der Waals surface area contributed by atoms with Crippen molar-refractivity contribution in [2.45, 2.75) is 33.4 Å². The topological polar surface area (TPSA) is 29.9 Å². The van der Waals surface area contributed by atoms with E-state index in [0.717, 1.165) is 16.7 Å². The molecular formula is C15H20BrN3. The largest absolute Gasteiger partial charge is 0.305 e.